The highest BCUT2D eigenvalue weighted by atomic mass is 35.5. The van der Waals surface area contributed by atoms with Crippen molar-refractivity contribution in [1.82, 2.24) is 0 Å². The first kappa shape index (κ1) is 13.5. The predicted octanol–water partition coefficient (Wildman–Crippen LogP) is 3.19. The maximum Gasteiger partial charge on any atom is 0.255 e. The van der Waals surface area contributed by atoms with Crippen LogP contribution in [0, 0.1) is 5.82 Å². The minimum absolute atomic E-state index is 0.0166. The summed E-state index contributed by atoms with van der Waals surface area (Å²) in [7, 11) is 0. The number of benzene rings is 2. The minimum atomic E-state index is -0.570. The fourth-order valence-corrected chi connectivity index (χ4v) is 1.81. The molecule has 0 unspecified atom stereocenters. The minimum Gasteiger partial charge on any atom is -0.326 e. The number of nitrogens with two attached hydrogens (primary N) is 1. The van der Waals surface area contributed by atoms with Gasteiger partial charge in [-0.05, 0) is 29.8 Å². The van der Waals surface area contributed by atoms with Crippen LogP contribution in [0.25, 0.3) is 0 Å². The lowest BCUT2D eigenvalue weighted by molar-refractivity contribution is 0.102. The molecule has 0 fully saturated rings. The second-order valence-corrected chi connectivity index (χ2v) is 4.36. The van der Waals surface area contributed by atoms with Gasteiger partial charge in [0.2, 0.25) is 0 Å². The molecule has 0 spiro atoms. The Labute approximate surface area is 115 Å². The number of amides is 1. The quantitative estimate of drug-likeness (QED) is 0.906. The predicted molar refractivity (Wildman–Crippen MR) is 73.7 cm³/mol. The van der Waals surface area contributed by atoms with Crippen LogP contribution in [0.2, 0.25) is 5.02 Å². The summed E-state index contributed by atoms with van der Waals surface area (Å²) in [6.45, 7) is 0.404. The number of carbonyl (C=O) groups excluding carboxylic acids is 1. The number of hydrogen-bond donors (Lipinski definition) is 2. The summed E-state index contributed by atoms with van der Waals surface area (Å²) < 4.78 is 13.5. The van der Waals surface area contributed by atoms with Crippen molar-refractivity contribution in [1.29, 1.82) is 0 Å². The SMILES string of the molecule is NCc1ccc(C(=O)Nc2c(F)cccc2Cl)cc1. The Morgan fingerprint density at radius 1 is 1.21 bits per heavy atom. The lowest BCUT2D eigenvalue weighted by Gasteiger charge is -2.08. The van der Waals surface area contributed by atoms with Crippen LogP contribution in [-0.4, -0.2) is 5.91 Å². The Hall–Kier alpha value is -1.91. The molecular formula is C14H12ClFN2O. The first-order chi connectivity index (χ1) is 9.11. The van der Waals surface area contributed by atoms with Crippen molar-refractivity contribution < 1.29 is 9.18 Å². The van der Waals surface area contributed by atoms with Crippen LogP contribution < -0.4 is 11.1 Å². The molecule has 0 saturated carbocycles. The van der Waals surface area contributed by atoms with E-state index in [0.29, 0.717) is 12.1 Å². The van der Waals surface area contributed by atoms with E-state index in [1.807, 2.05) is 0 Å². The van der Waals surface area contributed by atoms with Crippen LogP contribution in [-0.2, 0) is 6.54 Å². The molecule has 0 aromatic heterocycles. The molecule has 0 atom stereocenters. The van der Waals surface area contributed by atoms with Crippen LogP contribution in [0.4, 0.5) is 10.1 Å². The third kappa shape index (κ3) is 3.10. The zero-order chi connectivity index (χ0) is 13.8. The van der Waals surface area contributed by atoms with Crippen molar-refractivity contribution in [3.63, 3.8) is 0 Å². The molecule has 3 N–H and O–H groups in total. The second-order valence-electron chi connectivity index (χ2n) is 3.95. The van der Waals surface area contributed by atoms with E-state index in [2.05, 4.69) is 5.32 Å². The van der Waals surface area contributed by atoms with E-state index in [4.69, 9.17) is 17.3 Å². The van der Waals surface area contributed by atoms with Gasteiger partial charge in [-0.25, -0.2) is 4.39 Å². The number of nitrogens with one attached hydrogen (secondary N) is 1. The summed E-state index contributed by atoms with van der Waals surface area (Å²) in [4.78, 5) is 12.0. The Morgan fingerprint density at radius 2 is 1.89 bits per heavy atom. The van der Waals surface area contributed by atoms with Crippen molar-refractivity contribution in [2.24, 2.45) is 5.73 Å². The highest BCUT2D eigenvalue weighted by Crippen LogP contribution is 2.25. The fraction of sp³-hybridized carbons (Fsp3) is 0.0714. The number of anilines is 1. The van der Waals surface area contributed by atoms with Gasteiger partial charge in [-0.1, -0.05) is 29.8 Å². The average Bonchev–Trinajstić information content (AvgIpc) is 2.43. The van der Waals surface area contributed by atoms with Crippen LogP contribution in [0.1, 0.15) is 15.9 Å². The molecule has 0 aliphatic rings. The molecule has 0 aliphatic heterocycles. The molecular weight excluding hydrogens is 267 g/mol. The molecule has 2 aromatic rings. The largest absolute Gasteiger partial charge is 0.326 e. The van der Waals surface area contributed by atoms with Crippen LogP contribution in [0.5, 0.6) is 0 Å². The zero-order valence-electron chi connectivity index (χ0n) is 9.99. The van der Waals surface area contributed by atoms with Crippen LogP contribution in [0.3, 0.4) is 0 Å². The van der Waals surface area contributed by atoms with Gasteiger partial charge < -0.3 is 11.1 Å². The summed E-state index contributed by atoms with van der Waals surface area (Å²) in [5.74, 6) is -0.991. The van der Waals surface area contributed by atoms with Crippen molar-refractivity contribution in [2.45, 2.75) is 6.54 Å². The van der Waals surface area contributed by atoms with Crippen molar-refractivity contribution in [2.75, 3.05) is 5.32 Å². The van der Waals surface area contributed by atoms with Crippen LogP contribution in [0.15, 0.2) is 42.5 Å². The topological polar surface area (TPSA) is 55.1 Å². The van der Waals surface area contributed by atoms with E-state index in [-0.39, 0.29) is 10.7 Å². The number of halogens is 2. The Morgan fingerprint density at radius 3 is 2.47 bits per heavy atom. The molecule has 2 aromatic carbocycles. The van der Waals surface area contributed by atoms with Gasteiger partial charge in [0.15, 0.2) is 0 Å². The van der Waals surface area contributed by atoms with Gasteiger partial charge in [-0.15, -0.1) is 0 Å². The molecule has 19 heavy (non-hydrogen) atoms. The summed E-state index contributed by atoms with van der Waals surface area (Å²) in [5, 5.41) is 2.61. The third-order valence-electron chi connectivity index (χ3n) is 2.65. The molecule has 0 bridgehead atoms. The van der Waals surface area contributed by atoms with Crippen molar-refractivity contribution >= 4 is 23.2 Å². The molecule has 0 heterocycles. The Balaban J connectivity index is 2.20. The van der Waals surface area contributed by atoms with Gasteiger partial charge in [0.1, 0.15) is 5.82 Å². The van der Waals surface area contributed by atoms with E-state index < -0.39 is 11.7 Å². The second kappa shape index (κ2) is 5.82. The molecule has 0 aliphatic carbocycles. The zero-order valence-corrected chi connectivity index (χ0v) is 10.7. The van der Waals surface area contributed by atoms with Crippen molar-refractivity contribution in [3.05, 3.63) is 64.4 Å². The summed E-state index contributed by atoms with van der Waals surface area (Å²) in [6, 6.07) is 11.0. The van der Waals surface area contributed by atoms with Gasteiger partial charge in [0.05, 0.1) is 10.7 Å². The van der Waals surface area contributed by atoms with Gasteiger partial charge in [-0.3, -0.25) is 4.79 Å². The highest BCUT2D eigenvalue weighted by molar-refractivity contribution is 6.33. The molecule has 3 nitrogen and oxygen atoms in total. The molecule has 2 rings (SSSR count). The van der Waals surface area contributed by atoms with Gasteiger partial charge in [-0.2, -0.15) is 0 Å². The molecule has 98 valence electrons. The summed E-state index contributed by atoms with van der Waals surface area (Å²) >= 11 is 5.84. The highest BCUT2D eigenvalue weighted by Gasteiger charge is 2.12. The lowest BCUT2D eigenvalue weighted by Crippen LogP contribution is -2.13. The smallest absolute Gasteiger partial charge is 0.255 e. The Kier molecular flexibility index (Phi) is 4.14. The molecule has 0 radical (unpaired) electrons. The van der Waals surface area contributed by atoms with Gasteiger partial charge >= 0.3 is 0 Å². The van der Waals surface area contributed by atoms with E-state index in [1.165, 1.54) is 18.2 Å². The average molecular weight is 279 g/mol. The summed E-state index contributed by atoms with van der Waals surface area (Å²) in [6.07, 6.45) is 0. The maximum atomic E-state index is 13.5. The van der Waals surface area contributed by atoms with Crippen LogP contribution >= 0.6 is 11.6 Å². The number of para-hydroxylation sites is 1. The third-order valence-corrected chi connectivity index (χ3v) is 2.97. The normalized spacial score (nSPS) is 10.3. The molecule has 0 saturated heterocycles. The summed E-state index contributed by atoms with van der Waals surface area (Å²) in [5.41, 5.74) is 6.79. The first-order valence-corrected chi connectivity index (χ1v) is 6.04. The maximum absolute atomic E-state index is 13.5. The number of hydrogen-bond acceptors (Lipinski definition) is 2. The van der Waals surface area contributed by atoms with E-state index in [9.17, 15) is 9.18 Å². The fourth-order valence-electron chi connectivity index (χ4n) is 1.60. The van der Waals surface area contributed by atoms with Crippen molar-refractivity contribution in [3.8, 4) is 0 Å². The van der Waals surface area contributed by atoms with E-state index >= 15 is 0 Å². The Bertz CT molecular complexity index is 579. The van der Waals surface area contributed by atoms with Gasteiger partial charge in [0, 0.05) is 12.1 Å². The standard InChI is InChI=1S/C14H12ClFN2O/c15-11-2-1-3-12(16)13(11)18-14(19)10-6-4-9(8-17)5-7-10/h1-7H,8,17H2,(H,18,19). The lowest BCUT2D eigenvalue weighted by atomic mass is 10.1. The molecule has 5 heteroatoms. The monoisotopic (exact) mass is 278 g/mol. The van der Waals surface area contributed by atoms with E-state index in [0.717, 1.165) is 5.56 Å². The number of carbonyl (C=O) groups is 1. The van der Waals surface area contributed by atoms with Gasteiger partial charge in [0.25, 0.3) is 5.91 Å². The molecule has 1 amide bonds. The van der Waals surface area contributed by atoms with E-state index in [1.54, 1.807) is 24.3 Å². The first-order valence-electron chi connectivity index (χ1n) is 5.66. The number of rotatable bonds is 3.